The molecule has 3 unspecified atom stereocenters. The summed E-state index contributed by atoms with van der Waals surface area (Å²) in [7, 11) is 0. The van der Waals surface area contributed by atoms with Crippen molar-refractivity contribution in [2.75, 3.05) is 13.2 Å². The van der Waals surface area contributed by atoms with E-state index in [0.29, 0.717) is 26.0 Å². The van der Waals surface area contributed by atoms with Gasteiger partial charge in [0.25, 0.3) is 0 Å². The highest BCUT2D eigenvalue weighted by atomic mass is 16.7. The first-order valence-electron chi connectivity index (χ1n) is 9.67. The van der Waals surface area contributed by atoms with Crippen LogP contribution in [-0.2, 0) is 30.4 Å². The number of carbonyl (C=O) groups is 3. The van der Waals surface area contributed by atoms with Crippen molar-refractivity contribution in [3.63, 3.8) is 0 Å². The van der Waals surface area contributed by atoms with Crippen molar-refractivity contribution >= 4 is 18.0 Å². The smallest absolute Gasteiger partial charge is 0.410 e. The molecule has 3 atom stereocenters. The Balaban J connectivity index is 1.54. The molecule has 2 fully saturated rings. The molecule has 3 rings (SSSR count). The average molecular weight is 390 g/mol. The molecule has 2 amide bonds. The van der Waals surface area contributed by atoms with Crippen molar-refractivity contribution in [1.82, 2.24) is 10.2 Å². The van der Waals surface area contributed by atoms with Crippen LogP contribution in [0.1, 0.15) is 38.2 Å². The molecule has 152 valence electrons. The predicted molar refractivity (Wildman–Crippen MR) is 99.0 cm³/mol. The first-order chi connectivity index (χ1) is 13.6. The second kappa shape index (κ2) is 9.54. The number of likely N-dealkylation sites (tertiary alicyclic amines) is 1. The van der Waals surface area contributed by atoms with Crippen LogP contribution in [0.15, 0.2) is 30.3 Å². The van der Waals surface area contributed by atoms with E-state index in [0.717, 1.165) is 12.0 Å². The molecule has 0 radical (unpaired) electrons. The number of amides is 2. The van der Waals surface area contributed by atoms with Crippen LogP contribution in [-0.4, -0.2) is 54.4 Å². The molecule has 28 heavy (non-hydrogen) atoms. The van der Waals surface area contributed by atoms with Gasteiger partial charge in [0, 0.05) is 6.54 Å². The zero-order valence-corrected chi connectivity index (χ0v) is 16.0. The zero-order chi connectivity index (χ0) is 19.9. The minimum Gasteiger partial charge on any atom is -0.445 e. The Bertz CT molecular complexity index is 695. The normalized spacial score (nSPS) is 24.1. The van der Waals surface area contributed by atoms with E-state index in [2.05, 4.69) is 5.32 Å². The van der Waals surface area contributed by atoms with Crippen LogP contribution in [0.25, 0.3) is 0 Å². The fourth-order valence-corrected chi connectivity index (χ4v) is 3.38. The van der Waals surface area contributed by atoms with E-state index in [1.54, 1.807) is 0 Å². The van der Waals surface area contributed by atoms with Crippen molar-refractivity contribution in [3.05, 3.63) is 35.9 Å². The summed E-state index contributed by atoms with van der Waals surface area (Å²) >= 11 is 0. The van der Waals surface area contributed by atoms with Gasteiger partial charge in [-0.15, -0.1) is 0 Å². The Morgan fingerprint density at radius 1 is 1.29 bits per heavy atom. The van der Waals surface area contributed by atoms with E-state index in [4.69, 9.17) is 14.2 Å². The third-order valence-corrected chi connectivity index (χ3v) is 4.77. The van der Waals surface area contributed by atoms with Gasteiger partial charge in [0.1, 0.15) is 18.7 Å². The van der Waals surface area contributed by atoms with Crippen LogP contribution in [0.4, 0.5) is 4.79 Å². The van der Waals surface area contributed by atoms with Crippen molar-refractivity contribution < 1.29 is 28.6 Å². The van der Waals surface area contributed by atoms with Crippen LogP contribution in [0.5, 0.6) is 0 Å². The van der Waals surface area contributed by atoms with Crippen LogP contribution >= 0.6 is 0 Å². The number of hydrogen-bond acceptors (Lipinski definition) is 6. The number of ether oxygens (including phenoxy) is 3. The van der Waals surface area contributed by atoms with Crippen LogP contribution in [0.2, 0.25) is 0 Å². The third kappa shape index (κ3) is 5.01. The summed E-state index contributed by atoms with van der Waals surface area (Å²) < 4.78 is 16.0. The number of rotatable bonds is 7. The Kier molecular flexibility index (Phi) is 6.86. The zero-order valence-electron chi connectivity index (χ0n) is 16.0. The van der Waals surface area contributed by atoms with Crippen LogP contribution < -0.4 is 5.32 Å². The van der Waals surface area contributed by atoms with E-state index in [-0.39, 0.29) is 18.9 Å². The lowest BCUT2D eigenvalue weighted by atomic mass is 10.1. The molecule has 1 N–H and O–H groups in total. The lowest BCUT2D eigenvalue weighted by Gasteiger charge is -2.26. The summed E-state index contributed by atoms with van der Waals surface area (Å²) in [5.74, 6) is -0.723. The molecule has 0 bridgehead atoms. The molecule has 0 spiro atoms. The Labute approximate surface area is 164 Å². The van der Waals surface area contributed by atoms with Crippen LogP contribution in [0, 0.1) is 0 Å². The van der Waals surface area contributed by atoms with Gasteiger partial charge in [0.05, 0.1) is 13.0 Å². The van der Waals surface area contributed by atoms with E-state index >= 15 is 0 Å². The largest absolute Gasteiger partial charge is 0.445 e. The molecule has 2 aliphatic rings. The molecule has 1 aromatic carbocycles. The van der Waals surface area contributed by atoms with Crippen LogP contribution in [0.3, 0.4) is 0 Å². The van der Waals surface area contributed by atoms with Gasteiger partial charge in [-0.05, 0) is 24.8 Å². The summed E-state index contributed by atoms with van der Waals surface area (Å²) in [6.07, 6.45) is 0.808. The lowest BCUT2D eigenvalue weighted by Crippen LogP contribution is -2.51. The summed E-state index contributed by atoms with van der Waals surface area (Å²) in [6, 6.07) is 8.21. The lowest BCUT2D eigenvalue weighted by molar-refractivity contribution is -0.165. The van der Waals surface area contributed by atoms with E-state index < -0.39 is 30.4 Å². The standard InChI is InChI=1S/C20H26N2O6/c1-2-11-26-19-15(12-17(23)28-19)21-18(24)16-9-6-10-22(16)20(25)27-13-14-7-4-3-5-8-14/h3-5,7-8,15-16,19H,2,6,9-13H2,1H3,(H,21,24). The minimum atomic E-state index is -0.781. The summed E-state index contributed by atoms with van der Waals surface area (Å²) in [4.78, 5) is 38.2. The molecule has 8 nitrogen and oxygen atoms in total. The second-order valence-electron chi connectivity index (χ2n) is 6.94. The van der Waals surface area contributed by atoms with Crippen molar-refractivity contribution in [2.24, 2.45) is 0 Å². The topological polar surface area (TPSA) is 94.2 Å². The highest BCUT2D eigenvalue weighted by molar-refractivity contribution is 5.87. The molecule has 2 heterocycles. The van der Waals surface area contributed by atoms with Gasteiger partial charge in [-0.3, -0.25) is 14.5 Å². The maximum Gasteiger partial charge on any atom is 0.410 e. The third-order valence-electron chi connectivity index (χ3n) is 4.77. The number of nitrogens with zero attached hydrogens (tertiary/aromatic N) is 1. The predicted octanol–water partition coefficient (Wildman–Crippen LogP) is 1.97. The highest BCUT2D eigenvalue weighted by Crippen LogP contribution is 2.22. The van der Waals surface area contributed by atoms with E-state index in [9.17, 15) is 14.4 Å². The monoisotopic (exact) mass is 390 g/mol. The number of carbonyl (C=O) groups excluding carboxylic acids is 3. The summed E-state index contributed by atoms with van der Waals surface area (Å²) in [6.45, 7) is 3.00. The molecule has 2 aliphatic heterocycles. The van der Waals surface area contributed by atoms with Gasteiger partial charge in [-0.1, -0.05) is 37.3 Å². The highest BCUT2D eigenvalue weighted by Gasteiger charge is 2.41. The quantitative estimate of drug-likeness (QED) is 0.716. The first-order valence-corrected chi connectivity index (χ1v) is 9.67. The Morgan fingerprint density at radius 2 is 2.07 bits per heavy atom. The molecule has 1 aromatic rings. The Morgan fingerprint density at radius 3 is 2.82 bits per heavy atom. The molecule has 2 saturated heterocycles. The molecule has 0 aromatic heterocycles. The van der Waals surface area contributed by atoms with Gasteiger partial charge in [-0.2, -0.15) is 0 Å². The minimum absolute atomic E-state index is 0.0608. The molecular formula is C20H26N2O6. The summed E-state index contributed by atoms with van der Waals surface area (Å²) in [5, 5.41) is 2.81. The fraction of sp³-hybridized carbons (Fsp3) is 0.550. The fourth-order valence-electron chi connectivity index (χ4n) is 3.38. The number of esters is 1. The molecule has 0 aliphatic carbocycles. The Hall–Kier alpha value is -2.61. The number of benzene rings is 1. The maximum atomic E-state index is 12.7. The van der Waals surface area contributed by atoms with Gasteiger partial charge in [0.2, 0.25) is 12.2 Å². The molecule has 8 heteroatoms. The van der Waals surface area contributed by atoms with Gasteiger partial charge < -0.3 is 19.5 Å². The van der Waals surface area contributed by atoms with Crippen molar-refractivity contribution in [1.29, 1.82) is 0 Å². The van der Waals surface area contributed by atoms with E-state index in [1.807, 2.05) is 37.3 Å². The van der Waals surface area contributed by atoms with Crippen molar-refractivity contribution in [2.45, 2.75) is 57.6 Å². The maximum absolute atomic E-state index is 12.7. The van der Waals surface area contributed by atoms with Crippen molar-refractivity contribution in [3.8, 4) is 0 Å². The van der Waals surface area contributed by atoms with Gasteiger partial charge in [-0.25, -0.2) is 4.79 Å². The van der Waals surface area contributed by atoms with E-state index in [1.165, 1.54) is 4.90 Å². The number of hydrogen-bond donors (Lipinski definition) is 1. The number of nitrogens with one attached hydrogen (secondary N) is 1. The summed E-state index contributed by atoms with van der Waals surface area (Å²) in [5.41, 5.74) is 0.883. The SMILES string of the molecule is CCCOC1OC(=O)CC1NC(=O)C1CCCN1C(=O)OCc1ccccc1. The first kappa shape index (κ1) is 20.1. The average Bonchev–Trinajstić information content (AvgIpc) is 3.32. The molecular weight excluding hydrogens is 364 g/mol. The second-order valence-corrected chi connectivity index (χ2v) is 6.94. The number of cyclic esters (lactones) is 1. The van der Waals surface area contributed by atoms with Gasteiger partial charge in [0.15, 0.2) is 0 Å². The molecule has 0 saturated carbocycles. The van der Waals surface area contributed by atoms with Gasteiger partial charge >= 0.3 is 12.1 Å².